The van der Waals surface area contributed by atoms with Gasteiger partial charge >= 0.3 is 21.7 Å². The normalized spacial score (nSPS) is 12.9. The SMILES string of the molecule is CC1=[C-]C(C)C(C)=C1C.Cc1cc(C)cc(Cc2cccc([Si](c3cccc(Cc4cc(C)cc(C)c4)c3)c3cccc(Cc4cc(C)cc(C)c4)c3)c2)c1.[Cl-].[Cl-].[Cl-].[Ti+4]. The zero-order chi connectivity index (χ0) is 39.2. The summed E-state index contributed by atoms with van der Waals surface area (Å²) in [7, 11) is -1.27. The van der Waals surface area contributed by atoms with Crippen LogP contribution in [0.3, 0.4) is 0 Å². The molecule has 0 nitrogen and oxygen atoms in total. The molecule has 6 aromatic rings. The quantitative estimate of drug-likeness (QED) is 0.119. The number of allylic oxidation sites excluding steroid dienone is 4. The van der Waals surface area contributed by atoms with E-state index in [1.54, 1.807) is 0 Å². The van der Waals surface area contributed by atoms with Crippen LogP contribution in [0.5, 0.6) is 0 Å². The van der Waals surface area contributed by atoms with E-state index in [2.05, 4.69) is 203 Å². The first-order valence-electron chi connectivity index (χ1n) is 19.9. The maximum Gasteiger partial charge on any atom is 4.00 e. The van der Waals surface area contributed by atoms with E-state index in [1.165, 1.54) is 99.0 Å². The standard InChI is InChI=1S/C45H45Si.C9H13.3ClH.Ti/c1-31-16-32(2)20-40(19-31)25-37-10-7-13-43(28-37)46(44-14-8-11-38(29-44)26-41-21-33(3)17-34(4)22-41)45-15-9-12-39(30-45)27-42-23-35(5)18-36(6)24-42;1-6-5-7(2)9(4)8(6)3;;;;/h7-24,28-30H,25-27H2,1-6H3;6H,1-4H3;3*1H;/q;-1;;;;+4/p-3. The molecule has 0 bridgehead atoms. The minimum atomic E-state index is -1.27. The molecule has 0 saturated carbocycles. The Morgan fingerprint density at radius 3 is 0.915 bits per heavy atom. The fourth-order valence-electron chi connectivity index (χ4n) is 8.39. The van der Waals surface area contributed by atoms with Crippen LogP contribution in [0, 0.1) is 53.5 Å². The summed E-state index contributed by atoms with van der Waals surface area (Å²) in [4.78, 5) is 0. The van der Waals surface area contributed by atoms with Crippen LogP contribution in [-0.4, -0.2) is 8.80 Å². The number of halogens is 3. The van der Waals surface area contributed by atoms with E-state index in [4.69, 9.17) is 0 Å². The summed E-state index contributed by atoms with van der Waals surface area (Å²) >= 11 is 0. The third kappa shape index (κ3) is 14.4. The Kier molecular flexibility index (Phi) is 20.7. The van der Waals surface area contributed by atoms with Crippen molar-refractivity contribution in [1.29, 1.82) is 0 Å². The van der Waals surface area contributed by atoms with Crippen LogP contribution >= 0.6 is 0 Å². The summed E-state index contributed by atoms with van der Waals surface area (Å²) in [5.41, 5.74) is 20.5. The second-order valence-corrected chi connectivity index (χ2v) is 18.8. The minimum absolute atomic E-state index is 0. The van der Waals surface area contributed by atoms with Crippen LogP contribution in [-0.2, 0) is 41.0 Å². The zero-order valence-electron chi connectivity index (χ0n) is 36.5. The second-order valence-electron chi connectivity index (χ2n) is 16.3. The Morgan fingerprint density at radius 2 is 0.695 bits per heavy atom. The molecule has 0 aliphatic heterocycles. The van der Waals surface area contributed by atoms with Gasteiger partial charge in [0.15, 0.2) is 8.80 Å². The van der Waals surface area contributed by atoms with Crippen molar-refractivity contribution in [3.05, 3.63) is 217 Å². The average molecular weight is 889 g/mol. The van der Waals surface area contributed by atoms with Gasteiger partial charge < -0.3 is 37.2 Å². The largest absolute Gasteiger partial charge is 4.00 e. The molecule has 0 spiro atoms. The Morgan fingerprint density at radius 1 is 0.407 bits per heavy atom. The molecule has 0 aromatic heterocycles. The summed E-state index contributed by atoms with van der Waals surface area (Å²) in [6, 6.07) is 49.1. The molecule has 1 radical (unpaired) electrons. The van der Waals surface area contributed by atoms with E-state index in [1.807, 2.05) is 0 Å². The predicted molar refractivity (Wildman–Crippen MR) is 240 cm³/mol. The molecule has 5 heteroatoms. The van der Waals surface area contributed by atoms with Crippen molar-refractivity contribution in [2.75, 3.05) is 0 Å². The zero-order valence-corrected chi connectivity index (χ0v) is 41.3. The van der Waals surface area contributed by atoms with E-state index in [0.717, 1.165) is 19.3 Å². The summed E-state index contributed by atoms with van der Waals surface area (Å²) in [5, 5.41) is 4.33. The maximum absolute atomic E-state index is 3.36. The molecule has 0 N–H and O–H groups in total. The smallest absolute Gasteiger partial charge is 1.00 e. The number of benzene rings is 6. The van der Waals surface area contributed by atoms with Gasteiger partial charge in [-0.15, -0.1) is 6.92 Å². The number of hydrogen-bond acceptors (Lipinski definition) is 0. The first-order valence-corrected chi connectivity index (χ1v) is 21.4. The first-order chi connectivity index (χ1) is 26.3. The maximum atomic E-state index is 3.36. The molecule has 1 aliphatic rings. The van der Waals surface area contributed by atoms with Crippen LogP contribution in [0.4, 0.5) is 0 Å². The van der Waals surface area contributed by atoms with Gasteiger partial charge in [-0.1, -0.05) is 203 Å². The van der Waals surface area contributed by atoms with Crippen molar-refractivity contribution in [2.45, 2.75) is 88.5 Å². The summed E-state index contributed by atoms with van der Waals surface area (Å²) in [6.07, 6.45) is 6.21. The third-order valence-corrected chi connectivity index (χ3v) is 13.6. The molecule has 303 valence electrons. The Balaban J connectivity index is 0.000000821. The molecule has 6 aromatic carbocycles. The van der Waals surface area contributed by atoms with E-state index in [-0.39, 0.29) is 58.9 Å². The van der Waals surface area contributed by atoms with Gasteiger partial charge in [-0.2, -0.15) is 11.1 Å². The van der Waals surface area contributed by atoms with E-state index in [9.17, 15) is 0 Å². The summed E-state index contributed by atoms with van der Waals surface area (Å²) in [6.45, 7) is 21.9. The van der Waals surface area contributed by atoms with Gasteiger partial charge in [0.05, 0.1) is 0 Å². The fraction of sp³-hybridized carbons (Fsp3) is 0.259. The van der Waals surface area contributed by atoms with E-state index < -0.39 is 8.80 Å². The van der Waals surface area contributed by atoms with Crippen LogP contribution in [0.2, 0.25) is 0 Å². The van der Waals surface area contributed by atoms with Crippen LogP contribution < -0.4 is 52.8 Å². The average Bonchev–Trinajstić information content (AvgIpc) is 3.32. The van der Waals surface area contributed by atoms with Crippen molar-refractivity contribution in [3.63, 3.8) is 0 Å². The van der Waals surface area contributed by atoms with Crippen molar-refractivity contribution in [1.82, 2.24) is 0 Å². The van der Waals surface area contributed by atoms with Gasteiger partial charge in [-0.05, 0) is 94.2 Å². The van der Waals surface area contributed by atoms with Crippen molar-refractivity contribution >= 4 is 24.4 Å². The minimum Gasteiger partial charge on any atom is -1.00 e. The second kappa shape index (κ2) is 23.6. The van der Waals surface area contributed by atoms with E-state index >= 15 is 0 Å². The number of aryl methyl sites for hydroxylation is 6. The molecule has 0 fully saturated rings. The Bertz CT molecular complexity index is 2100. The monoisotopic (exact) mass is 887 g/mol. The molecule has 59 heavy (non-hydrogen) atoms. The number of hydrogen-bond donors (Lipinski definition) is 0. The molecule has 1 aliphatic carbocycles. The summed E-state index contributed by atoms with van der Waals surface area (Å²) < 4.78 is 0. The van der Waals surface area contributed by atoms with Gasteiger partial charge in [-0.3, -0.25) is 6.08 Å². The molecular weight excluding hydrogens is 831 g/mol. The van der Waals surface area contributed by atoms with E-state index in [0.29, 0.717) is 5.92 Å². The Hall–Kier alpha value is -3.40. The fourth-order valence-corrected chi connectivity index (χ4v) is 11.2. The summed E-state index contributed by atoms with van der Waals surface area (Å²) in [5.74, 6) is 0.560. The molecule has 0 saturated heterocycles. The van der Waals surface area contributed by atoms with Gasteiger partial charge in [0.1, 0.15) is 0 Å². The van der Waals surface area contributed by atoms with Gasteiger partial charge in [0, 0.05) is 0 Å². The first kappa shape index (κ1) is 51.7. The van der Waals surface area contributed by atoms with Crippen LogP contribution in [0.15, 0.2) is 144 Å². The molecular formula is C54H58Cl3SiTi. The van der Waals surface area contributed by atoms with Crippen LogP contribution in [0.1, 0.15) is 94.5 Å². The molecule has 1 unspecified atom stereocenters. The molecule has 0 amide bonds. The van der Waals surface area contributed by atoms with Crippen LogP contribution in [0.25, 0.3) is 0 Å². The topological polar surface area (TPSA) is 0 Å². The number of rotatable bonds is 9. The molecule has 0 heterocycles. The molecule has 7 rings (SSSR count). The van der Waals surface area contributed by atoms with Gasteiger partial charge in [0.25, 0.3) is 0 Å². The van der Waals surface area contributed by atoms with Gasteiger partial charge in [0.2, 0.25) is 0 Å². The van der Waals surface area contributed by atoms with Gasteiger partial charge in [-0.25, -0.2) is 5.57 Å². The van der Waals surface area contributed by atoms with Crippen molar-refractivity contribution in [2.24, 2.45) is 5.92 Å². The molecule has 1 atom stereocenters. The predicted octanol–water partition coefficient (Wildman–Crippen LogP) is 2.56. The van der Waals surface area contributed by atoms with Crippen molar-refractivity contribution in [3.8, 4) is 0 Å². The van der Waals surface area contributed by atoms with Crippen molar-refractivity contribution < 1.29 is 58.9 Å². The Labute approximate surface area is 391 Å². The third-order valence-electron chi connectivity index (χ3n) is 11.0.